The standard InChI is InChI=1S/C16H26N2/c1-13(15-11-7-8-12-18-15)16(17)14-9-5-3-2-4-6-10-14/h7-8,11-14,16H,2-6,9-10,17H2,1H3. The smallest absolute Gasteiger partial charge is 0.0447 e. The van der Waals surface area contributed by atoms with Gasteiger partial charge in [-0.15, -0.1) is 0 Å². The fraction of sp³-hybridized carbons (Fsp3) is 0.688. The number of rotatable bonds is 3. The highest BCUT2D eigenvalue weighted by Crippen LogP contribution is 2.30. The Labute approximate surface area is 111 Å². The van der Waals surface area contributed by atoms with Crippen molar-refractivity contribution in [2.75, 3.05) is 0 Å². The summed E-state index contributed by atoms with van der Waals surface area (Å²) in [5, 5.41) is 0. The maximum atomic E-state index is 6.50. The molecule has 18 heavy (non-hydrogen) atoms. The van der Waals surface area contributed by atoms with Crippen LogP contribution in [0.5, 0.6) is 0 Å². The van der Waals surface area contributed by atoms with E-state index in [9.17, 15) is 0 Å². The Morgan fingerprint density at radius 2 is 1.78 bits per heavy atom. The van der Waals surface area contributed by atoms with Gasteiger partial charge in [-0.25, -0.2) is 0 Å². The van der Waals surface area contributed by atoms with E-state index in [-0.39, 0.29) is 6.04 Å². The van der Waals surface area contributed by atoms with Gasteiger partial charge in [0.25, 0.3) is 0 Å². The molecule has 1 saturated carbocycles. The topological polar surface area (TPSA) is 38.9 Å². The molecular weight excluding hydrogens is 220 g/mol. The van der Waals surface area contributed by atoms with E-state index < -0.39 is 0 Å². The molecule has 2 atom stereocenters. The van der Waals surface area contributed by atoms with Crippen LogP contribution in [-0.4, -0.2) is 11.0 Å². The van der Waals surface area contributed by atoms with Gasteiger partial charge in [0.15, 0.2) is 0 Å². The molecule has 2 unspecified atom stereocenters. The fourth-order valence-electron chi connectivity index (χ4n) is 3.12. The maximum Gasteiger partial charge on any atom is 0.0447 e. The summed E-state index contributed by atoms with van der Waals surface area (Å²) in [6.45, 7) is 2.23. The van der Waals surface area contributed by atoms with Gasteiger partial charge in [0.2, 0.25) is 0 Å². The Morgan fingerprint density at radius 1 is 1.11 bits per heavy atom. The highest BCUT2D eigenvalue weighted by Gasteiger charge is 2.25. The Bertz CT molecular complexity index is 328. The SMILES string of the molecule is CC(c1ccccn1)C(N)C1CCCCCCC1. The van der Waals surface area contributed by atoms with E-state index in [0.29, 0.717) is 11.8 Å². The van der Waals surface area contributed by atoms with Gasteiger partial charge in [-0.05, 0) is 30.9 Å². The zero-order chi connectivity index (χ0) is 12.8. The molecule has 1 heterocycles. The molecule has 0 bridgehead atoms. The first-order valence-electron chi connectivity index (χ1n) is 7.45. The monoisotopic (exact) mass is 246 g/mol. The van der Waals surface area contributed by atoms with Gasteiger partial charge < -0.3 is 5.73 Å². The van der Waals surface area contributed by atoms with Crippen LogP contribution in [-0.2, 0) is 0 Å². The predicted octanol–water partition coefficient (Wildman–Crippen LogP) is 3.87. The van der Waals surface area contributed by atoms with E-state index in [1.54, 1.807) is 0 Å². The van der Waals surface area contributed by atoms with Crippen LogP contribution in [0.3, 0.4) is 0 Å². The largest absolute Gasteiger partial charge is 0.327 e. The molecule has 0 aromatic carbocycles. The average Bonchev–Trinajstić information content (AvgIpc) is 2.38. The molecule has 0 saturated heterocycles. The molecule has 2 nitrogen and oxygen atoms in total. The molecule has 0 aliphatic heterocycles. The average molecular weight is 246 g/mol. The predicted molar refractivity (Wildman–Crippen MR) is 76.4 cm³/mol. The third kappa shape index (κ3) is 3.55. The van der Waals surface area contributed by atoms with Crippen LogP contribution in [0.1, 0.15) is 63.5 Å². The van der Waals surface area contributed by atoms with Crippen molar-refractivity contribution < 1.29 is 0 Å². The third-order valence-corrected chi connectivity index (χ3v) is 4.43. The van der Waals surface area contributed by atoms with E-state index in [0.717, 1.165) is 5.69 Å². The Kier molecular flexibility index (Phi) is 5.18. The number of nitrogens with zero attached hydrogens (tertiary/aromatic N) is 1. The first kappa shape index (κ1) is 13.5. The van der Waals surface area contributed by atoms with Crippen molar-refractivity contribution in [1.29, 1.82) is 0 Å². The van der Waals surface area contributed by atoms with Crippen molar-refractivity contribution in [3.8, 4) is 0 Å². The zero-order valence-corrected chi connectivity index (χ0v) is 11.5. The van der Waals surface area contributed by atoms with Gasteiger partial charge in [-0.1, -0.05) is 45.1 Å². The van der Waals surface area contributed by atoms with Crippen LogP contribution >= 0.6 is 0 Å². The summed E-state index contributed by atoms with van der Waals surface area (Å²) in [6, 6.07) is 6.40. The highest BCUT2D eigenvalue weighted by atomic mass is 14.7. The minimum absolute atomic E-state index is 0.262. The van der Waals surface area contributed by atoms with Crippen LogP contribution in [0.4, 0.5) is 0 Å². The summed E-state index contributed by atoms with van der Waals surface area (Å²) in [4.78, 5) is 4.46. The lowest BCUT2D eigenvalue weighted by Crippen LogP contribution is -2.35. The third-order valence-electron chi connectivity index (χ3n) is 4.43. The molecule has 1 aliphatic carbocycles. The molecule has 1 aromatic heterocycles. The molecule has 0 amide bonds. The van der Waals surface area contributed by atoms with Gasteiger partial charge in [-0.2, -0.15) is 0 Å². The van der Waals surface area contributed by atoms with Crippen molar-refractivity contribution in [2.24, 2.45) is 11.7 Å². The summed E-state index contributed by atoms with van der Waals surface area (Å²) >= 11 is 0. The van der Waals surface area contributed by atoms with Crippen LogP contribution < -0.4 is 5.73 Å². The fourth-order valence-corrected chi connectivity index (χ4v) is 3.12. The van der Waals surface area contributed by atoms with E-state index in [1.165, 1.54) is 44.9 Å². The molecule has 2 rings (SSSR count). The summed E-state index contributed by atoms with van der Waals surface area (Å²) in [7, 11) is 0. The number of nitrogens with two attached hydrogens (primary N) is 1. The summed E-state index contributed by atoms with van der Waals surface area (Å²) in [5.41, 5.74) is 7.65. The minimum atomic E-state index is 0.262. The molecule has 1 fully saturated rings. The van der Waals surface area contributed by atoms with Gasteiger partial charge in [0, 0.05) is 23.9 Å². The van der Waals surface area contributed by atoms with Gasteiger partial charge in [0.1, 0.15) is 0 Å². The van der Waals surface area contributed by atoms with Gasteiger partial charge in [-0.3, -0.25) is 4.98 Å². The minimum Gasteiger partial charge on any atom is -0.327 e. The molecular formula is C16H26N2. The summed E-state index contributed by atoms with van der Waals surface area (Å²) in [6.07, 6.45) is 11.4. The van der Waals surface area contributed by atoms with Crippen LogP contribution in [0.15, 0.2) is 24.4 Å². The molecule has 0 spiro atoms. The van der Waals surface area contributed by atoms with Crippen LogP contribution in [0.25, 0.3) is 0 Å². The lowest BCUT2D eigenvalue weighted by Gasteiger charge is -2.30. The van der Waals surface area contributed by atoms with Crippen molar-refractivity contribution >= 4 is 0 Å². The molecule has 1 aromatic rings. The van der Waals surface area contributed by atoms with Crippen molar-refractivity contribution in [3.05, 3.63) is 30.1 Å². The van der Waals surface area contributed by atoms with E-state index >= 15 is 0 Å². The highest BCUT2D eigenvalue weighted by molar-refractivity contribution is 5.11. The second kappa shape index (κ2) is 6.89. The normalized spacial score (nSPS) is 21.9. The van der Waals surface area contributed by atoms with E-state index in [2.05, 4.69) is 24.0 Å². The Balaban J connectivity index is 1.98. The number of hydrogen-bond donors (Lipinski definition) is 1. The van der Waals surface area contributed by atoms with Gasteiger partial charge >= 0.3 is 0 Å². The van der Waals surface area contributed by atoms with Crippen molar-refractivity contribution in [2.45, 2.75) is 63.8 Å². The number of aromatic nitrogens is 1. The van der Waals surface area contributed by atoms with Crippen LogP contribution in [0, 0.1) is 5.92 Å². The second-order valence-electron chi connectivity index (χ2n) is 5.73. The summed E-state index contributed by atoms with van der Waals surface area (Å²) < 4.78 is 0. The Morgan fingerprint density at radius 3 is 2.39 bits per heavy atom. The number of pyridine rings is 1. The van der Waals surface area contributed by atoms with E-state index in [1.807, 2.05) is 12.3 Å². The quantitative estimate of drug-likeness (QED) is 0.879. The van der Waals surface area contributed by atoms with Gasteiger partial charge in [0.05, 0.1) is 0 Å². The van der Waals surface area contributed by atoms with Crippen molar-refractivity contribution in [1.82, 2.24) is 4.98 Å². The zero-order valence-electron chi connectivity index (χ0n) is 11.5. The van der Waals surface area contributed by atoms with Crippen molar-refractivity contribution in [3.63, 3.8) is 0 Å². The van der Waals surface area contributed by atoms with Crippen LogP contribution in [0.2, 0.25) is 0 Å². The lowest BCUT2D eigenvalue weighted by molar-refractivity contribution is 0.298. The molecule has 2 N–H and O–H groups in total. The molecule has 0 radical (unpaired) electrons. The first-order valence-corrected chi connectivity index (χ1v) is 7.45. The number of hydrogen-bond acceptors (Lipinski definition) is 2. The molecule has 100 valence electrons. The summed E-state index contributed by atoms with van der Waals surface area (Å²) in [5.74, 6) is 1.05. The molecule has 1 aliphatic rings. The first-order chi connectivity index (χ1) is 8.79. The second-order valence-corrected chi connectivity index (χ2v) is 5.73. The van der Waals surface area contributed by atoms with E-state index in [4.69, 9.17) is 5.73 Å². The Hall–Kier alpha value is -0.890. The lowest BCUT2D eigenvalue weighted by atomic mass is 9.80. The molecule has 2 heteroatoms. The maximum absolute atomic E-state index is 6.50.